The molecule has 36 heavy (non-hydrogen) atoms. The first-order valence-corrected chi connectivity index (χ1v) is 12.4. The zero-order valence-electron chi connectivity index (χ0n) is 20.8. The summed E-state index contributed by atoms with van der Waals surface area (Å²) in [6.45, 7) is 4.26. The fourth-order valence-electron chi connectivity index (χ4n) is 4.13. The van der Waals surface area contributed by atoms with Crippen LogP contribution in [0.4, 0.5) is 4.79 Å². The molecule has 0 saturated carbocycles. The lowest BCUT2D eigenvalue weighted by atomic mass is 9.98. The fourth-order valence-corrected chi connectivity index (χ4v) is 4.13. The van der Waals surface area contributed by atoms with E-state index in [1.54, 1.807) is 6.20 Å². The van der Waals surface area contributed by atoms with E-state index in [2.05, 4.69) is 26.1 Å². The number of rotatable bonds is 7. The maximum absolute atomic E-state index is 13.2. The van der Waals surface area contributed by atoms with Gasteiger partial charge in [0.1, 0.15) is 12.6 Å². The molecule has 2 unspecified atom stereocenters. The first-order chi connectivity index (χ1) is 17.3. The zero-order valence-corrected chi connectivity index (χ0v) is 20.8. The number of benzene rings is 1. The van der Waals surface area contributed by atoms with Crippen molar-refractivity contribution < 1.29 is 23.9 Å². The minimum Gasteiger partial charge on any atom is -0.445 e. The van der Waals surface area contributed by atoms with Crippen molar-refractivity contribution in [2.45, 2.75) is 71.1 Å². The number of ether oxygens (including phenoxy) is 1. The Kier molecular flexibility index (Phi) is 10.0. The number of carbonyl (C=O) groups is 4. The lowest BCUT2D eigenvalue weighted by Crippen LogP contribution is -2.54. The number of Topliss-reactive ketones (excluding diaryl/α,β-unsaturated/α-hetero) is 1. The average Bonchev–Trinajstić information content (AvgIpc) is 3.30. The maximum atomic E-state index is 13.2. The third kappa shape index (κ3) is 8.21. The standard InChI is InChI=1S/C26H35N5O5/c1-17(2)14-22(30-26(35)36-16-18-8-4-3-5-9-18)24(33)29-21-11-6-10-19-15-28-31-20(19)12-7-13-27-25(34)23(21)32/h3-5,8-9,15,17,21-22H,6-7,10-14,16H2,1-2H3,(H,27,34)(H,28,31)(H,29,33)(H,30,35). The Hall–Kier alpha value is -3.69. The number of nitrogens with one attached hydrogen (secondary N) is 4. The van der Waals surface area contributed by atoms with E-state index in [4.69, 9.17) is 4.74 Å². The number of alkyl carbamates (subject to hydrolysis) is 1. The number of aromatic amines is 1. The molecule has 3 rings (SSSR count). The number of nitrogens with zero attached hydrogens (tertiary/aromatic N) is 1. The summed E-state index contributed by atoms with van der Waals surface area (Å²) in [7, 11) is 0. The van der Waals surface area contributed by atoms with Crippen LogP contribution >= 0.6 is 0 Å². The van der Waals surface area contributed by atoms with Crippen molar-refractivity contribution in [3.63, 3.8) is 0 Å². The van der Waals surface area contributed by atoms with Gasteiger partial charge < -0.3 is 20.7 Å². The number of carbonyl (C=O) groups excluding carboxylic acids is 4. The van der Waals surface area contributed by atoms with Gasteiger partial charge in [-0.1, -0.05) is 44.2 Å². The van der Waals surface area contributed by atoms with Crippen LogP contribution in [0, 0.1) is 5.92 Å². The molecule has 0 bridgehead atoms. The molecule has 1 aromatic carbocycles. The zero-order chi connectivity index (χ0) is 25.9. The monoisotopic (exact) mass is 497 g/mol. The molecule has 2 atom stereocenters. The van der Waals surface area contributed by atoms with E-state index in [0.717, 1.165) is 23.2 Å². The second-order valence-corrected chi connectivity index (χ2v) is 9.44. The molecular weight excluding hydrogens is 462 g/mol. The summed E-state index contributed by atoms with van der Waals surface area (Å²) < 4.78 is 5.27. The number of hydrogen-bond acceptors (Lipinski definition) is 6. The molecule has 1 aliphatic heterocycles. The predicted molar refractivity (Wildman–Crippen MR) is 133 cm³/mol. The smallest absolute Gasteiger partial charge is 0.408 e. The molecule has 194 valence electrons. The highest BCUT2D eigenvalue weighted by atomic mass is 16.5. The lowest BCUT2D eigenvalue weighted by Gasteiger charge is -2.24. The Morgan fingerprint density at radius 3 is 2.67 bits per heavy atom. The molecule has 10 heteroatoms. The third-order valence-corrected chi connectivity index (χ3v) is 6.02. The topological polar surface area (TPSA) is 142 Å². The molecule has 2 heterocycles. The molecule has 0 radical (unpaired) electrons. The quantitative estimate of drug-likeness (QED) is 0.432. The SMILES string of the molecule is CC(C)CC(NC(=O)OCc1ccccc1)C(=O)NC1CCCc2cn[nH]c2CCCNC(=O)C1=O. The third-order valence-electron chi connectivity index (χ3n) is 6.02. The molecule has 10 nitrogen and oxygen atoms in total. The van der Waals surface area contributed by atoms with Crippen LogP contribution in [0.2, 0.25) is 0 Å². The molecule has 1 aromatic heterocycles. The van der Waals surface area contributed by atoms with E-state index in [0.29, 0.717) is 32.2 Å². The molecule has 0 aliphatic carbocycles. The van der Waals surface area contributed by atoms with Crippen molar-refractivity contribution in [2.75, 3.05) is 6.54 Å². The highest BCUT2D eigenvalue weighted by Gasteiger charge is 2.30. The molecule has 3 amide bonds. The van der Waals surface area contributed by atoms with Gasteiger partial charge in [-0.2, -0.15) is 5.10 Å². The normalized spacial score (nSPS) is 17.7. The number of ketones is 1. The van der Waals surface area contributed by atoms with E-state index in [1.807, 2.05) is 44.2 Å². The predicted octanol–water partition coefficient (Wildman–Crippen LogP) is 2.19. The van der Waals surface area contributed by atoms with Gasteiger partial charge in [0.15, 0.2) is 0 Å². The molecule has 0 spiro atoms. The summed E-state index contributed by atoms with van der Waals surface area (Å²) in [4.78, 5) is 50.9. The minimum absolute atomic E-state index is 0.0694. The number of aryl methyl sites for hydroxylation is 2. The average molecular weight is 498 g/mol. The van der Waals surface area contributed by atoms with Crippen LogP contribution in [0.3, 0.4) is 0 Å². The van der Waals surface area contributed by atoms with Crippen molar-refractivity contribution >= 4 is 23.7 Å². The summed E-state index contributed by atoms with van der Waals surface area (Å²) >= 11 is 0. The summed E-state index contributed by atoms with van der Waals surface area (Å²) in [5, 5.41) is 15.1. The largest absolute Gasteiger partial charge is 0.445 e. The Morgan fingerprint density at radius 1 is 1.14 bits per heavy atom. The molecular formula is C26H35N5O5. The van der Waals surface area contributed by atoms with Gasteiger partial charge in [0.05, 0.1) is 12.2 Å². The van der Waals surface area contributed by atoms with Crippen LogP contribution in [0.25, 0.3) is 0 Å². The highest BCUT2D eigenvalue weighted by molar-refractivity contribution is 6.38. The van der Waals surface area contributed by atoms with Crippen molar-refractivity contribution in [2.24, 2.45) is 5.92 Å². The van der Waals surface area contributed by atoms with Gasteiger partial charge in [-0.25, -0.2) is 4.79 Å². The van der Waals surface area contributed by atoms with Crippen molar-refractivity contribution in [3.05, 3.63) is 53.3 Å². The summed E-state index contributed by atoms with van der Waals surface area (Å²) in [5.41, 5.74) is 2.91. The molecule has 2 aromatic rings. The second kappa shape index (κ2) is 13.4. The summed E-state index contributed by atoms with van der Waals surface area (Å²) in [5.74, 6) is -1.85. The molecule has 0 saturated heterocycles. The van der Waals surface area contributed by atoms with Crippen LogP contribution in [0.5, 0.6) is 0 Å². The Labute approximate surface area is 210 Å². The van der Waals surface area contributed by atoms with Crippen molar-refractivity contribution in [3.8, 4) is 0 Å². The van der Waals surface area contributed by atoms with E-state index < -0.39 is 35.8 Å². The van der Waals surface area contributed by atoms with Crippen LogP contribution in [-0.2, 0) is 38.6 Å². The number of hydrogen-bond donors (Lipinski definition) is 4. The van der Waals surface area contributed by atoms with Gasteiger partial charge >= 0.3 is 6.09 Å². The Morgan fingerprint density at radius 2 is 1.92 bits per heavy atom. The van der Waals surface area contributed by atoms with Gasteiger partial charge in [0.25, 0.3) is 5.91 Å². The summed E-state index contributed by atoms with van der Waals surface area (Å²) in [6.07, 6.45) is 4.33. The van der Waals surface area contributed by atoms with Crippen molar-refractivity contribution in [1.29, 1.82) is 0 Å². The molecule has 4 N–H and O–H groups in total. The Balaban J connectivity index is 1.64. The molecule has 0 fully saturated rings. The van der Waals surface area contributed by atoms with Crippen LogP contribution in [0.1, 0.15) is 56.4 Å². The fraction of sp³-hybridized carbons (Fsp3) is 0.500. The van der Waals surface area contributed by atoms with Gasteiger partial charge in [0, 0.05) is 12.2 Å². The minimum atomic E-state index is -0.996. The van der Waals surface area contributed by atoms with E-state index in [9.17, 15) is 19.2 Å². The van der Waals surface area contributed by atoms with Gasteiger partial charge in [-0.05, 0) is 55.6 Å². The number of aromatic nitrogens is 2. The van der Waals surface area contributed by atoms with Crippen molar-refractivity contribution in [1.82, 2.24) is 26.1 Å². The van der Waals surface area contributed by atoms with E-state index in [-0.39, 0.29) is 18.9 Å². The molecule has 1 aliphatic rings. The van der Waals surface area contributed by atoms with Gasteiger partial charge in [-0.15, -0.1) is 0 Å². The number of H-pyrrole nitrogens is 1. The maximum Gasteiger partial charge on any atom is 0.408 e. The first-order valence-electron chi connectivity index (χ1n) is 12.4. The summed E-state index contributed by atoms with van der Waals surface area (Å²) in [6, 6.07) is 7.31. The van der Waals surface area contributed by atoms with Gasteiger partial charge in [-0.3, -0.25) is 19.5 Å². The van der Waals surface area contributed by atoms with Gasteiger partial charge in [0.2, 0.25) is 11.7 Å². The second-order valence-electron chi connectivity index (χ2n) is 9.44. The number of fused-ring (bicyclic) bond motifs is 1. The van der Waals surface area contributed by atoms with E-state index >= 15 is 0 Å². The first kappa shape index (κ1) is 26.9. The van der Waals surface area contributed by atoms with Crippen LogP contribution < -0.4 is 16.0 Å². The lowest BCUT2D eigenvalue weighted by molar-refractivity contribution is -0.140. The highest BCUT2D eigenvalue weighted by Crippen LogP contribution is 2.14. The number of amides is 3. The van der Waals surface area contributed by atoms with Crippen LogP contribution in [-0.4, -0.2) is 52.5 Å². The Bertz CT molecular complexity index is 1040. The van der Waals surface area contributed by atoms with Crippen LogP contribution in [0.15, 0.2) is 36.5 Å². The van der Waals surface area contributed by atoms with E-state index in [1.165, 1.54) is 0 Å².